The second kappa shape index (κ2) is 32.1. The minimum atomic E-state index is -1.84. The second-order valence-corrected chi connectivity index (χ2v) is 26.9. The Morgan fingerprint density at radius 2 is 1.28 bits per heavy atom. The third-order valence-electron chi connectivity index (χ3n) is 13.7. The Balaban J connectivity index is 1.94. The summed E-state index contributed by atoms with van der Waals surface area (Å²) in [6.45, 7) is 13.2. The van der Waals surface area contributed by atoms with E-state index >= 15 is 0 Å². The molecule has 2 fully saturated rings. The van der Waals surface area contributed by atoms with Crippen molar-refractivity contribution in [1.82, 2.24) is 5.32 Å². The molecule has 0 aromatic carbocycles. The number of aliphatic hydroxyl groups is 9. The van der Waals surface area contributed by atoms with Gasteiger partial charge in [-0.05, 0) is 39.2 Å². The molecule has 19 atom stereocenters. The summed E-state index contributed by atoms with van der Waals surface area (Å²) in [5, 5.41) is 112. The van der Waals surface area contributed by atoms with Crippen LogP contribution in [0.5, 0.6) is 0 Å². The highest BCUT2D eigenvalue weighted by Gasteiger charge is 2.52. The molecule has 0 aromatic rings. The third kappa shape index (κ3) is 22.9. The number of aliphatic carboxylic acids is 1. The van der Waals surface area contributed by atoms with Gasteiger partial charge in [0.1, 0.15) is 24.2 Å². The van der Waals surface area contributed by atoms with E-state index in [4.69, 9.17) is 28.4 Å². The minimum Gasteiger partial charge on any atom is -0.481 e. The van der Waals surface area contributed by atoms with Crippen molar-refractivity contribution in [3.8, 4) is 0 Å². The molecule has 0 aromatic heterocycles. The van der Waals surface area contributed by atoms with Crippen LogP contribution in [0.4, 0.5) is 4.79 Å². The minimum absolute atomic E-state index is 0.0985. The Morgan fingerprint density at radius 1 is 0.693 bits per heavy atom. The van der Waals surface area contributed by atoms with Crippen molar-refractivity contribution >= 4 is 26.1 Å². The molecule has 20 nitrogen and oxygen atoms in total. The molecular formula is C54H87NO19Si. The van der Waals surface area contributed by atoms with Crippen LogP contribution in [0.2, 0.25) is 25.7 Å². The highest BCUT2D eigenvalue weighted by atomic mass is 28.3. The lowest BCUT2D eigenvalue weighted by atomic mass is 9.82. The molecule has 0 saturated carbocycles. The third-order valence-corrected chi connectivity index (χ3v) is 15.4. The predicted octanol–water partition coefficient (Wildman–Crippen LogP) is 3.47. The van der Waals surface area contributed by atoms with E-state index in [1.54, 1.807) is 74.6 Å². The van der Waals surface area contributed by atoms with E-state index in [1.165, 1.54) is 20.1 Å². The molecule has 19 unspecified atom stereocenters. The summed E-state index contributed by atoms with van der Waals surface area (Å²) in [5.74, 6) is -6.30. The molecule has 426 valence electrons. The predicted molar refractivity (Wildman–Crippen MR) is 280 cm³/mol. The number of methoxy groups -OCH3 is 1. The monoisotopic (exact) mass is 1080 g/mol. The zero-order chi connectivity index (χ0) is 56.0. The zero-order valence-electron chi connectivity index (χ0n) is 44.7. The first-order chi connectivity index (χ1) is 35.3. The molecule has 75 heavy (non-hydrogen) atoms. The van der Waals surface area contributed by atoms with Gasteiger partial charge in [0.2, 0.25) is 0 Å². The molecular weight excluding hydrogens is 995 g/mol. The lowest BCUT2D eigenvalue weighted by molar-refractivity contribution is -0.317. The van der Waals surface area contributed by atoms with Gasteiger partial charge in [-0.2, -0.15) is 0 Å². The average Bonchev–Trinajstić information content (AvgIpc) is 3.31. The molecule has 3 aliphatic rings. The number of carbonyl (C=O) groups is 3. The molecule has 3 aliphatic heterocycles. The van der Waals surface area contributed by atoms with Gasteiger partial charge in [0.25, 0.3) is 0 Å². The maximum absolute atomic E-state index is 12.9. The van der Waals surface area contributed by atoms with Gasteiger partial charge in [0.15, 0.2) is 12.1 Å². The van der Waals surface area contributed by atoms with E-state index in [0.29, 0.717) is 6.04 Å². The van der Waals surface area contributed by atoms with Crippen LogP contribution < -0.4 is 5.32 Å². The Kier molecular flexibility index (Phi) is 28.0. The Bertz CT molecular complexity index is 1950. The normalized spacial score (nSPS) is 41.1. The van der Waals surface area contributed by atoms with Crippen LogP contribution in [0.1, 0.15) is 79.1 Å². The number of hydrogen-bond acceptors (Lipinski definition) is 18. The highest BCUT2D eigenvalue weighted by molar-refractivity contribution is 6.76. The first-order valence-corrected chi connectivity index (χ1v) is 29.7. The quantitative estimate of drug-likeness (QED) is 0.122. The van der Waals surface area contributed by atoms with Crippen LogP contribution in [0.3, 0.4) is 0 Å². The van der Waals surface area contributed by atoms with Gasteiger partial charge in [0.05, 0.1) is 80.1 Å². The number of carboxylic acid groups (broad SMARTS) is 1. The number of carbonyl (C=O) groups excluding carboxylic acids is 2. The maximum Gasteiger partial charge on any atom is 0.407 e. The highest BCUT2D eigenvalue weighted by Crippen LogP contribution is 2.40. The van der Waals surface area contributed by atoms with Gasteiger partial charge in [0, 0.05) is 52.7 Å². The molecule has 2 saturated heterocycles. The van der Waals surface area contributed by atoms with E-state index in [1.807, 2.05) is 25.2 Å². The van der Waals surface area contributed by atoms with E-state index in [2.05, 4.69) is 25.0 Å². The van der Waals surface area contributed by atoms with Crippen LogP contribution >= 0.6 is 0 Å². The van der Waals surface area contributed by atoms with Crippen molar-refractivity contribution in [3.05, 3.63) is 85.1 Å². The number of alkyl carbamates (subject to hydrolysis) is 1. The molecule has 3 rings (SSSR count). The summed E-state index contributed by atoms with van der Waals surface area (Å²) < 4.78 is 35.2. The number of ether oxygens (including phenoxy) is 6. The van der Waals surface area contributed by atoms with E-state index in [-0.39, 0.29) is 38.2 Å². The number of aliphatic hydroxyl groups excluding tert-OH is 9. The number of nitrogens with one attached hydrogen (secondary N) is 1. The van der Waals surface area contributed by atoms with Gasteiger partial charge in [-0.1, -0.05) is 119 Å². The number of hydrogen-bond donors (Lipinski definition) is 11. The molecule has 0 radical (unpaired) electrons. The first-order valence-electron chi connectivity index (χ1n) is 26.0. The number of amides is 1. The summed E-state index contributed by atoms with van der Waals surface area (Å²) >= 11 is 0. The van der Waals surface area contributed by atoms with Crippen molar-refractivity contribution in [2.75, 3.05) is 13.7 Å². The molecule has 3 heterocycles. The van der Waals surface area contributed by atoms with Crippen molar-refractivity contribution < 1.29 is 93.9 Å². The van der Waals surface area contributed by atoms with Crippen LogP contribution in [-0.4, -0.2) is 188 Å². The molecule has 11 N–H and O–H groups in total. The molecule has 0 aliphatic carbocycles. The second-order valence-electron chi connectivity index (χ2n) is 21.3. The average molecular weight is 1080 g/mol. The molecule has 1 amide bonds. The number of esters is 1. The van der Waals surface area contributed by atoms with Crippen molar-refractivity contribution in [2.45, 2.75) is 202 Å². The topological polar surface area (TPSA) is 321 Å². The zero-order valence-corrected chi connectivity index (χ0v) is 45.7. The van der Waals surface area contributed by atoms with Crippen LogP contribution in [0.25, 0.3) is 0 Å². The molecule has 21 heteroatoms. The largest absolute Gasteiger partial charge is 0.481 e. The van der Waals surface area contributed by atoms with Crippen LogP contribution in [-0.2, 0) is 38.0 Å². The number of allylic oxidation sites excluding steroid dienone is 12. The molecule has 2 bridgehead atoms. The van der Waals surface area contributed by atoms with Crippen molar-refractivity contribution in [1.29, 1.82) is 0 Å². The summed E-state index contributed by atoms with van der Waals surface area (Å²) in [6, 6.07) is -0.627. The van der Waals surface area contributed by atoms with Crippen molar-refractivity contribution in [3.63, 3.8) is 0 Å². The fraction of sp³-hybridized carbons (Fsp3) is 0.685. The summed E-state index contributed by atoms with van der Waals surface area (Å²) in [6.07, 6.45) is 2.83. The number of cyclic esters (lactones) is 1. The summed E-state index contributed by atoms with van der Waals surface area (Å²) in [4.78, 5) is 38.3. The fourth-order valence-electron chi connectivity index (χ4n) is 8.93. The van der Waals surface area contributed by atoms with E-state index in [9.17, 15) is 65.4 Å². The lowest BCUT2D eigenvalue weighted by Crippen LogP contribution is -2.64. The van der Waals surface area contributed by atoms with E-state index < -0.39 is 161 Å². The van der Waals surface area contributed by atoms with Gasteiger partial charge >= 0.3 is 18.0 Å². The fourth-order valence-corrected chi connectivity index (χ4v) is 9.64. The number of fused-ring (bicyclic) bond motifs is 2. The Morgan fingerprint density at radius 3 is 1.85 bits per heavy atom. The van der Waals surface area contributed by atoms with Crippen LogP contribution in [0, 0.1) is 17.8 Å². The number of rotatable bonds is 8. The summed E-state index contributed by atoms with van der Waals surface area (Å²) in [5.41, 5.74) is 0. The SMILES string of the molecule is COC12CC(O)CC(O)C(O)CCC(O)CC(O)CC(=O)OC(C)C(C)C(O)C(C)/C=C/C=C/C=C/C=C/C=C/C=C/C=C/C(OC3OC(C)C(O)C(NC(=O)OCC[Si](C)(C)C)C3O)CC(O1)C(C(=O)O)C(O)C2. The summed E-state index contributed by atoms with van der Waals surface area (Å²) in [7, 11) is -0.324. The Hall–Kier alpha value is -3.91. The number of carboxylic acids is 1. The smallest absolute Gasteiger partial charge is 0.407 e. The van der Waals surface area contributed by atoms with Gasteiger partial charge in [-0.3, -0.25) is 9.59 Å². The van der Waals surface area contributed by atoms with E-state index in [0.717, 1.165) is 0 Å². The van der Waals surface area contributed by atoms with Crippen molar-refractivity contribution in [2.24, 2.45) is 17.8 Å². The maximum atomic E-state index is 12.9. The van der Waals surface area contributed by atoms with Gasteiger partial charge in [-0.25, -0.2) is 4.79 Å². The molecule has 0 spiro atoms. The lowest BCUT2D eigenvalue weighted by Gasteiger charge is -2.47. The van der Waals surface area contributed by atoms with Gasteiger partial charge in [-0.15, -0.1) is 0 Å². The standard InChI is InChI=1S/C54H87NO19Si/c1-33-21-19-17-15-13-11-9-10-12-14-16-18-20-22-40(73-52-50(65)47(49(64)36(4)72-52)55-53(68)70-25-26-75(6,7)8)30-44-46(51(66)67)43(61)32-54(69-5,74-44)31-39(58)28-42(60)41(59)24-23-37(56)27-38(57)29-45(62)71-35(3)34(2)48(33)63/h9-22,33-44,46-50,52,56-61,63-65H,23-32H2,1-8H3,(H,55,68)(H,66,67)/b10-9+,13-11+,14-12+,17-15+,18-16+,21-19+,22-20+. The van der Waals surface area contributed by atoms with Crippen LogP contribution in [0.15, 0.2) is 85.1 Å². The Labute approximate surface area is 442 Å². The van der Waals surface area contributed by atoms with Gasteiger partial charge < -0.3 is 84.8 Å². The first kappa shape index (κ1) is 65.4.